The minimum Gasteiger partial charge on any atom is -0.381 e. The first-order valence-electron chi connectivity index (χ1n) is 7.32. The second-order valence-electron chi connectivity index (χ2n) is 4.95. The second-order valence-corrected chi connectivity index (χ2v) is 7.67. The fraction of sp³-hybridized carbons (Fsp3) is 0.769. The van der Waals surface area contributed by atoms with E-state index < -0.39 is 10.0 Å². The number of nitrogens with one attached hydrogen (secondary N) is 1. The van der Waals surface area contributed by atoms with Crippen LogP contribution in [0.25, 0.3) is 0 Å². The van der Waals surface area contributed by atoms with E-state index in [1.54, 1.807) is 4.68 Å². The van der Waals surface area contributed by atoms with Crippen molar-refractivity contribution in [1.29, 1.82) is 0 Å². The third-order valence-electron chi connectivity index (χ3n) is 3.06. The van der Waals surface area contributed by atoms with Crippen molar-refractivity contribution in [3.05, 3.63) is 6.20 Å². The van der Waals surface area contributed by atoms with Crippen molar-refractivity contribution in [3.8, 4) is 0 Å². The lowest BCUT2D eigenvalue weighted by atomic mass is 10.2. The number of nitrogens with zero attached hydrogens (tertiary/aromatic N) is 2. The van der Waals surface area contributed by atoms with Gasteiger partial charge in [0.2, 0.25) is 10.0 Å². The van der Waals surface area contributed by atoms with Crippen LogP contribution < -0.4 is 10.5 Å². The molecule has 0 radical (unpaired) electrons. The SMILES string of the molecule is CCCn1cc(S(=O)(=O)NCCCCCCSC)c(N)n1. The molecule has 0 aromatic carbocycles. The van der Waals surface area contributed by atoms with Crippen molar-refractivity contribution in [2.45, 2.75) is 50.5 Å². The van der Waals surface area contributed by atoms with Crippen molar-refractivity contribution in [1.82, 2.24) is 14.5 Å². The molecule has 0 saturated carbocycles. The summed E-state index contributed by atoms with van der Waals surface area (Å²) in [4.78, 5) is 0.0818. The third kappa shape index (κ3) is 6.27. The zero-order valence-electron chi connectivity index (χ0n) is 12.8. The Morgan fingerprint density at radius 2 is 2.05 bits per heavy atom. The van der Waals surface area contributed by atoms with Crippen LogP contribution in [0.4, 0.5) is 5.82 Å². The zero-order chi connectivity index (χ0) is 15.7. The number of aryl methyl sites for hydroxylation is 1. The molecule has 0 saturated heterocycles. The van der Waals surface area contributed by atoms with E-state index in [1.807, 2.05) is 18.7 Å². The average Bonchev–Trinajstić information content (AvgIpc) is 2.80. The van der Waals surface area contributed by atoms with Crippen molar-refractivity contribution in [2.24, 2.45) is 0 Å². The molecule has 8 heteroatoms. The molecule has 122 valence electrons. The molecule has 1 heterocycles. The molecule has 0 unspecified atom stereocenters. The Hall–Kier alpha value is -0.730. The molecule has 1 rings (SSSR count). The molecular formula is C13H26N4O2S2. The largest absolute Gasteiger partial charge is 0.381 e. The molecule has 0 fully saturated rings. The molecule has 1 aromatic rings. The topological polar surface area (TPSA) is 90.0 Å². The van der Waals surface area contributed by atoms with Gasteiger partial charge in [0, 0.05) is 19.3 Å². The molecule has 0 atom stereocenters. The van der Waals surface area contributed by atoms with E-state index in [0.717, 1.165) is 25.7 Å². The lowest BCUT2D eigenvalue weighted by Crippen LogP contribution is -2.25. The maximum Gasteiger partial charge on any atom is 0.245 e. The number of rotatable bonds is 11. The summed E-state index contributed by atoms with van der Waals surface area (Å²) in [5.74, 6) is 1.23. The Kier molecular flexibility index (Phi) is 8.13. The normalized spacial score (nSPS) is 11.9. The molecule has 1 aromatic heterocycles. The van der Waals surface area contributed by atoms with Crippen molar-refractivity contribution in [3.63, 3.8) is 0 Å². The first kappa shape index (κ1) is 18.3. The fourth-order valence-electron chi connectivity index (χ4n) is 1.98. The molecule has 0 aliphatic carbocycles. The van der Waals surface area contributed by atoms with Crippen LogP contribution in [-0.4, -0.2) is 36.8 Å². The summed E-state index contributed by atoms with van der Waals surface area (Å²) in [6, 6.07) is 0. The van der Waals surface area contributed by atoms with E-state index in [9.17, 15) is 8.42 Å². The van der Waals surface area contributed by atoms with Crippen molar-refractivity contribution < 1.29 is 8.42 Å². The monoisotopic (exact) mass is 334 g/mol. The summed E-state index contributed by atoms with van der Waals surface area (Å²) in [5.41, 5.74) is 5.69. The summed E-state index contributed by atoms with van der Waals surface area (Å²) in [5, 5.41) is 4.02. The van der Waals surface area contributed by atoms with Crippen LogP contribution in [0.3, 0.4) is 0 Å². The highest BCUT2D eigenvalue weighted by atomic mass is 32.2. The van der Waals surface area contributed by atoms with Crippen LogP contribution in [0.1, 0.15) is 39.0 Å². The zero-order valence-corrected chi connectivity index (χ0v) is 14.5. The lowest BCUT2D eigenvalue weighted by Gasteiger charge is -2.05. The van der Waals surface area contributed by atoms with Crippen LogP contribution in [0.5, 0.6) is 0 Å². The molecule has 0 bridgehead atoms. The maximum atomic E-state index is 12.2. The smallest absolute Gasteiger partial charge is 0.245 e. The van der Waals surface area contributed by atoms with Crippen LogP contribution >= 0.6 is 11.8 Å². The van der Waals surface area contributed by atoms with E-state index in [0.29, 0.717) is 13.1 Å². The number of aromatic nitrogens is 2. The number of thioether (sulfide) groups is 1. The molecule has 3 N–H and O–H groups in total. The molecule has 0 spiro atoms. The van der Waals surface area contributed by atoms with E-state index in [4.69, 9.17) is 5.73 Å². The van der Waals surface area contributed by atoms with Gasteiger partial charge in [-0.1, -0.05) is 19.8 Å². The predicted octanol–water partition coefficient (Wildman–Crippen LogP) is 2.08. The average molecular weight is 335 g/mol. The first-order valence-corrected chi connectivity index (χ1v) is 10.2. The highest BCUT2D eigenvalue weighted by Gasteiger charge is 2.20. The number of hydrogen-bond acceptors (Lipinski definition) is 5. The van der Waals surface area contributed by atoms with Gasteiger partial charge in [-0.25, -0.2) is 13.1 Å². The number of nitrogens with two attached hydrogens (primary N) is 1. The minimum absolute atomic E-state index is 0.0657. The summed E-state index contributed by atoms with van der Waals surface area (Å²) in [7, 11) is -3.55. The summed E-state index contributed by atoms with van der Waals surface area (Å²) in [6.07, 6.45) is 8.68. The fourth-order valence-corrected chi connectivity index (χ4v) is 3.62. The summed E-state index contributed by atoms with van der Waals surface area (Å²) >= 11 is 1.84. The second kappa shape index (κ2) is 9.32. The lowest BCUT2D eigenvalue weighted by molar-refractivity contribution is 0.572. The molecule has 21 heavy (non-hydrogen) atoms. The van der Waals surface area contributed by atoms with Crippen molar-refractivity contribution >= 4 is 27.6 Å². The maximum absolute atomic E-state index is 12.2. The van der Waals surface area contributed by atoms with E-state index in [2.05, 4.69) is 16.1 Å². The minimum atomic E-state index is -3.55. The Balaban J connectivity index is 2.43. The number of nitrogen functional groups attached to an aromatic ring is 1. The summed E-state index contributed by atoms with van der Waals surface area (Å²) in [6.45, 7) is 3.11. The van der Waals surface area contributed by atoms with Gasteiger partial charge in [-0.3, -0.25) is 4.68 Å². The van der Waals surface area contributed by atoms with Gasteiger partial charge >= 0.3 is 0 Å². The van der Waals surface area contributed by atoms with Gasteiger partial charge in [-0.05, 0) is 31.3 Å². The van der Waals surface area contributed by atoms with Gasteiger partial charge in [0.15, 0.2) is 5.82 Å². The first-order chi connectivity index (χ1) is 10.0. The highest BCUT2D eigenvalue weighted by molar-refractivity contribution is 7.98. The number of anilines is 1. The van der Waals surface area contributed by atoms with Gasteiger partial charge < -0.3 is 5.73 Å². The van der Waals surface area contributed by atoms with Crippen molar-refractivity contribution in [2.75, 3.05) is 24.3 Å². The van der Waals surface area contributed by atoms with Gasteiger partial charge in [-0.15, -0.1) is 0 Å². The third-order valence-corrected chi connectivity index (χ3v) is 5.24. The van der Waals surface area contributed by atoms with Crippen LogP contribution in [0.15, 0.2) is 11.1 Å². The molecule has 0 aliphatic rings. The number of unbranched alkanes of at least 4 members (excludes halogenated alkanes) is 3. The molecular weight excluding hydrogens is 308 g/mol. The molecule has 0 amide bonds. The quantitative estimate of drug-likeness (QED) is 0.605. The summed E-state index contributed by atoms with van der Waals surface area (Å²) < 4.78 is 28.5. The van der Waals surface area contributed by atoms with Gasteiger partial charge in [0.1, 0.15) is 4.90 Å². The Morgan fingerprint density at radius 1 is 1.33 bits per heavy atom. The van der Waals surface area contributed by atoms with Crippen LogP contribution in [-0.2, 0) is 16.6 Å². The van der Waals surface area contributed by atoms with Crippen LogP contribution in [0, 0.1) is 0 Å². The van der Waals surface area contributed by atoms with E-state index in [-0.39, 0.29) is 10.7 Å². The molecule has 0 aliphatic heterocycles. The molecule has 6 nitrogen and oxygen atoms in total. The van der Waals surface area contributed by atoms with E-state index >= 15 is 0 Å². The van der Waals surface area contributed by atoms with Gasteiger partial charge in [0.25, 0.3) is 0 Å². The standard InChI is InChI=1S/C13H26N4O2S2/c1-3-9-17-11-12(13(14)16-17)21(18,19)15-8-6-4-5-7-10-20-2/h11,15H,3-10H2,1-2H3,(H2,14,16). The number of hydrogen-bond donors (Lipinski definition) is 2. The van der Waals surface area contributed by atoms with Gasteiger partial charge in [0.05, 0.1) is 0 Å². The predicted molar refractivity (Wildman–Crippen MR) is 89.0 cm³/mol. The Morgan fingerprint density at radius 3 is 2.71 bits per heavy atom. The Bertz CT molecular complexity index is 514. The van der Waals surface area contributed by atoms with Gasteiger partial charge in [-0.2, -0.15) is 16.9 Å². The van der Waals surface area contributed by atoms with Crippen LogP contribution in [0.2, 0.25) is 0 Å². The Labute approximate surface area is 131 Å². The number of sulfonamides is 1. The highest BCUT2D eigenvalue weighted by Crippen LogP contribution is 2.16. The van der Waals surface area contributed by atoms with E-state index in [1.165, 1.54) is 18.4 Å².